The van der Waals surface area contributed by atoms with Crippen molar-refractivity contribution >= 4 is 17.5 Å². The number of rotatable bonds is 5. The van der Waals surface area contributed by atoms with Crippen molar-refractivity contribution in [2.75, 3.05) is 32.1 Å². The molecular weight excluding hydrogens is 318 g/mol. The van der Waals surface area contributed by atoms with Crippen molar-refractivity contribution in [1.29, 1.82) is 0 Å². The summed E-state index contributed by atoms with van der Waals surface area (Å²) in [7, 11) is 3.64. The van der Waals surface area contributed by atoms with Crippen molar-refractivity contribution in [1.82, 2.24) is 10.2 Å². The first-order valence-corrected chi connectivity index (χ1v) is 8.98. The van der Waals surface area contributed by atoms with Gasteiger partial charge in [0.1, 0.15) is 0 Å². The Morgan fingerprint density at radius 1 is 1.28 bits per heavy atom. The number of likely N-dealkylation sites (tertiary alicyclic amines) is 1. The molecule has 25 heavy (non-hydrogen) atoms. The lowest BCUT2D eigenvalue weighted by Crippen LogP contribution is -2.41. The Hall–Kier alpha value is -1.92. The van der Waals surface area contributed by atoms with Crippen LogP contribution in [-0.4, -0.2) is 56.1 Å². The molecule has 0 aromatic heterocycles. The van der Waals surface area contributed by atoms with Gasteiger partial charge in [0.05, 0.1) is 12.1 Å². The van der Waals surface area contributed by atoms with Gasteiger partial charge in [-0.05, 0) is 44.0 Å². The third-order valence-corrected chi connectivity index (χ3v) is 5.18. The van der Waals surface area contributed by atoms with Crippen molar-refractivity contribution in [3.05, 3.63) is 29.8 Å². The summed E-state index contributed by atoms with van der Waals surface area (Å²) in [6.45, 7) is 2.08. The fourth-order valence-electron chi connectivity index (χ4n) is 3.61. The summed E-state index contributed by atoms with van der Waals surface area (Å²) in [6, 6.07) is 7.76. The van der Waals surface area contributed by atoms with E-state index in [0.29, 0.717) is 13.0 Å². The molecule has 2 heterocycles. The van der Waals surface area contributed by atoms with E-state index in [0.717, 1.165) is 43.6 Å². The maximum absolute atomic E-state index is 12.4. The van der Waals surface area contributed by atoms with E-state index in [9.17, 15) is 9.59 Å². The van der Waals surface area contributed by atoms with Gasteiger partial charge in [-0.1, -0.05) is 12.1 Å². The average molecular weight is 345 g/mol. The third kappa shape index (κ3) is 4.19. The molecule has 3 rings (SSSR count). The number of hydrogen-bond donors (Lipinski definition) is 1. The average Bonchev–Trinajstić information content (AvgIpc) is 3.02. The van der Waals surface area contributed by atoms with Gasteiger partial charge >= 0.3 is 0 Å². The standard InChI is InChI=1S/C19H27N3O3/c1-21-13-16(25-2)11-17(21)19(24)20-12-14-6-8-15(9-7-14)22-10-4-3-5-18(22)23/h6-9,16-17H,3-5,10-13H2,1-2H3,(H,20,24)/t16-,17-/m0/s1. The predicted octanol–water partition coefficient (Wildman–Crippen LogP) is 1.54. The lowest BCUT2D eigenvalue weighted by molar-refractivity contribution is -0.125. The molecule has 1 aromatic carbocycles. The lowest BCUT2D eigenvalue weighted by atomic mass is 10.1. The number of carbonyl (C=O) groups excluding carboxylic acids is 2. The van der Waals surface area contributed by atoms with E-state index in [4.69, 9.17) is 4.74 Å². The highest BCUT2D eigenvalue weighted by Gasteiger charge is 2.34. The zero-order chi connectivity index (χ0) is 17.8. The van der Waals surface area contributed by atoms with E-state index in [1.54, 1.807) is 7.11 Å². The summed E-state index contributed by atoms with van der Waals surface area (Å²) in [5.74, 6) is 0.238. The molecule has 1 aromatic rings. The monoisotopic (exact) mass is 345 g/mol. The normalized spacial score (nSPS) is 24.6. The van der Waals surface area contributed by atoms with E-state index in [1.807, 2.05) is 41.1 Å². The first-order valence-electron chi connectivity index (χ1n) is 8.98. The van der Waals surface area contributed by atoms with Gasteiger partial charge in [-0.2, -0.15) is 0 Å². The number of likely N-dealkylation sites (N-methyl/N-ethyl adjacent to an activating group) is 1. The van der Waals surface area contributed by atoms with Gasteiger partial charge in [0.15, 0.2) is 0 Å². The topological polar surface area (TPSA) is 61.9 Å². The SMILES string of the molecule is CO[C@H]1C[C@@H](C(=O)NCc2ccc(N3CCCCC3=O)cc2)N(C)C1. The molecule has 2 fully saturated rings. The summed E-state index contributed by atoms with van der Waals surface area (Å²) in [6.07, 6.45) is 3.53. The Balaban J connectivity index is 1.53. The van der Waals surface area contributed by atoms with E-state index >= 15 is 0 Å². The smallest absolute Gasteiger partial charge is 0.237 e. The molecule has 6 nitrogen and oxygen atoms in total. The molecule has 0 unspecified atom stereocenters. The fraction of sp³-hybridized carbons (Fsp3) is 0.579. The number of ether oxygens (including phenoxy) is 1. The van der Waals surface area contributed by atoms with Gasteiger partial charge in [0.25, 0.3) is 0 Å². The molecule has 2 aliphatic rings. The maximum Gasteiger partial charge on any atom is 0.237 e. The number of anilines is 1. The van der Waals surface area contributed by atoms with Crippen LogP contribution in [0.3, 0.4) is 0 Å². The van der Waals surface area contributed by atoms with Crippen molar-refractivity contribution in [2.24, 2.45) is 0 Å². The fourth-order valence-corrected chi connectivity index (χ4v) is 3.61. The largest absolute Gasteiger partial charge is 0.380 e. The van der Waals surface area contributed by atoms with Crippen LogP contribution in [0.15, 0.2) is 24.3 Å². The van der Waals surface area contributed by atoms with Crippen LogP contribution in [0.4, 0.5) is 5.69 Å². The third-order valence-electron chi connectivity index (χ3n) is 5.18. The summed E-state index contributed by atoms with van der Waals surface area (Å²) in [5.41, 5.74) is 1.98. The highest BCUT2D eigenvalue weighted by molar-refractivity contribution is 5.93. The second-order valence-corrected chi connectivity index (χ2v) is 6.94. The van der Waals surface area contributed by atoms with Gasteiger partial charge in [-0.3, -0.25) is 14.5 Å². The molecule has 0 aliphatic carbocycles. The highest BCUT2D eigenvalue weighted by Crippen LogP contribution is 2.21. The van der Waals surface area contributed by atoms with Crippen LogP contribution in [0, 0.1) is 0 Å². The zero-order valence-corrected chi connectivity index (χ0v) is 15.0. The Morgan fingerprint density at radius 3 is 2.68 bits per heavy atom. The van der Waals surface area contributed by atoms with E-state index in [2.05, 4.69) is 5.32 Å². The first kappa shape index (κ1) is 17.9. The minimum Gasteiger partial charge on any atom is -0.380 e. The lowest BCUT2D eigenvalue weighted by Gasteiger charge is -2.27. The van der Waals surface area contributed by atoms with E-state index in [-0.39, 0.29) is 24.0 Å². The van der Waals surface area contributed by atoms with Gasteiger partial charge in [-0.15, -0.1) is 0 Å². The minimum atomic E-state index is -0.129. The van der Waals surface area contributed by atoms with Crippen molar-refractivity contribution < 1.29 is 14.3 Å². The number of methoxy groups -OCH3 is 1. The van der Waals surface area contributed by atoms with Crippen LogP contribution in [-0.2, 0) is 20.9 Å². The Morgan fingerprint density at radius 2 is 2.04 bits per heavy atom. The number of piperidine rings is 1. The van der Waals surface area contributed by atoms with Crippen LogP contribution in [0.1, 0.15) is 31.2 Å². The second kappa shape index (κ2) is 7.97. The molecule has 6 heteroatoms. The molecule has 0 saturated carbocycles. The molecule has 136 valence electrons. The number of nitrogens with one attached hydrogen (secondary N) is 1. The molecule has 0 bridgehead atoms. The van der Waals surface area contributed by atoms with Crippen molar-refractivity contribution in [3.8, 4) is 0 Å². The van der Waals surface area contributed by atoms with Crippen molar-refractivity contribution in [3.63, 3.8) is 0 Å². The number of benzene rings is 1. The molecule has 2 aliphatic heterocycles. The van der Waals surface area contributed by atoms with Gasteiger partial charge < -0.3 is 15.0 Å². The Bertz CT molecular complexity index is 617. The van der Waals surface area contributed by atoms with Gasteiger partial charge in [0.2, 0.25) is 11.8 Å². The number of amides is 2. The highest BCUT2D eigenvalue weighted by atomic mass is 16.5. The van der Waals surface area contributed by atoms with Gasteiger partial charge in [0, 0.05) is 38.9 Å². The molecule has 0 radical (unpaired) electrons. The molecule has 2 saturated heterocycles. The summed E-state index contributed by atoms with van der Waals surface area (Å²) < 4.78 is 5.35. The summed E-state index contributed by atoms with van der Waals surface area (Å²) in [5, 5.41) is 3.01. The van der Waals surface area contributed by atoms with Crippen LogP contribution in [0.5, 0.6) is 0 Å². The number of hydrogen-bond acceptors (Lipinski definition) is 4. The van der Waals surface area contributed by atoms with Crippen LogP contribution < -0.4 is 10.2 Å². The van der Waals surface area contributed by atoms with Gasteiger partial charge in [-0.25, -0.2) is 0 Å². The van der Waals surface area contributed by atoms with E-state index in [1.165, 1.54) is 0 Å². The molecule has 2 amide bonds. The van der Waals surface area contributed by atoms with Crippen LogP contribution >= 0.6 is 0 Å². The molecule has 0 spiro atoms. The Labute approximate surface area is 149 Å². The van der Waals surface area contributed by atoms with E-state index < -0.39 is 0 Å². The minimum absolute atomic E-state index is 0.0392. The molecule has 2 atom stereocenters. The predicted molar refractivity (Wildman–Crippen MR) is 96.3 cm³/mol. The summed E-state index contributed by atoms with van der Waals surface area (Å²) in [4.78, 5) is 28.3. The molecule has 1 N–H and O–H groups in total. The summed E-state index contributed by atoms with van der Waals surface area (Å²) >= 11 is 0. The quantitative estimate of drug-likeness (QED) is 0.879. The maximum atomic E-state index is 12.4. The first-order chi connectivity index (χ1) is 12.1. The second-order valence-electron chi connectivity index (χ2n) is 6.94. The number of nitrogens with zero attached hydrogens (tertiary/aromatic N) is 2. The molecular formula is C19H27N3O3. The Kier molecular flexibility index (Phi) is 5.71. The van der Waals surface area contributed by atoms with Crippen LogP contribution in [0.2, 0.25) is 0 Å². The van der Waals surface area contributed by atoms with Crippen LogP contribution in [0.25, 0.3) is 0 Å². The zero-order valence-electron chi connectivity index (χ0n) is 15.0. The van der Waals surface area contributed by atoms with Crippen molar-refractivity contribution in [2.45, 2.75) is 44.4 Å². The number of carbonyl (C=O) groups is 2.